The first-order valence-corrected chi connectivity index (χ1v) is 10.3. The number of piperidine rings is 1. The summed E-state index contributed by atoms with van der Waals surface area (Å²) in [6.07, 6.45) is 2.59. The zero-order valence-corrected chi connectivity index (χ0v) is 17.4. The molecule has 3 aromatic rings. The monoisotopic (exact) mass is 413 g/mol. The molecule has 0 bridgehead atoms. The van der Waals surface area contributed by atoms with Crippen LogP contribution in [0.5, 0.6) is 0 Å². The molecule has 1 saturated heterocycles. The fraction of sp³-hybridized carbons (Fsp3) is 0.429. The van der Waals surface area contributed by atoms with Gasteiger partial charge in [-0.1, -0.05) is 28.9 Å². The van der Waals surface area contributed by atoms with Gasteiger partial charge in [0.2, 0.25) is 5.91 Å². The van der Waals surface area contributed by atoms with Gasteiger partial charge in [0.05, 0.1) is 11.6 Å². The molecular formula is C21H24ClN5O2. The number of halogens is 1. The minimum Gasteiger partial charge on any atom is -0.355 e. The fourth-order valence-corrected chi connectivity index (χ4v) is 3.94. The number of benzene rings is 1. The first kappa shape index (κ1) is 19.6. The highest BCUT2D eigenvalue weighted by Gasteiger charge is 2.28. The van der Waals surface area contributed by atoms with Crippen LogP contribution in [0.25, 0.3) is 11.1 Å². The highest BCUT2D eigenvalue weighted by molar-refractivity contribution is 6.30. The second-order valence-corrected chi connectivity index (χ2v) is 7.93. The second kappa shape index (κ2) is 8.37. The van der Waals surface area contributed by atoms with E-state index in [1.165, 1.54) is 0 Å². The van der Waals surface area contributed by atoms with E-state index < -0.39 is 0 Å². The molecule has 1 aliphatic heterocycles. The number of anilines is 1. The van der Waals surface area contributed by atoms with Gasteiger partial charge >= 0.3 is 0 Å². The highest BCUT2D eigenvalue weighted by atomic mass is 35.5. The number of nitrogens with zero attached hydrogens (tertiary/aromatic N) is 4. The first-order chi connectivity index (χ1) is 14.0. The Morgan fingerprint density at radius 3 is 2.86 bits per heavy atom. The molecule has 2 aromatic heterocycles. The van der Waals surface area contributed by atoms with Gasteiger partial charge in [0.1, 0.15) is 17.0 Å². The Labute approximate surface area is 174 Å². The molecule has 0 spiro atoms. The third kappa shape index (κ3) is 4.34. The van der Waals surface area contributed by atoms with Crippen LogP contribution in [0, 0.1) is 19.8 Å². The van der Waals surface area contributed by atoms with E-state index in [2.05, 4.69) is 25.3 Å². The zero-order chi connectivity index (χ0) is 20.4. The highest BCUT2D eigenvalue weighted by Crippen LogP contribution is 2.30. The molecule has 4 rings (SSSR count). The molecule has 0 aliphatic carbocycles. The summed E-state index contributed by atoms with van der Waals surface area (Å²) >= 11 is 5.92. The van der Waals surface area contributed by atoms with E-state index in [9.17, 15) is 4.79 Å². The second-order valence-electron chi connectivity index (χ2n) is 7.50. The van der Waals surface area contributed by atoms with Gasteiger partial charge in [0, 0.05) is 24.7 Å². The molecule has 1 fully saturated rings. The third-order valence-corrected chi connectivity index (χ3v) is 5.57. The molecule has 1 amide bonds. The predicted molar refractivity (Wildman–Crippen MR) is 112 cm³/mol. The van der Waals surface area contributed by atoms with Gasteiger partial charge in [0.15, 0.2) is 0 Å². The molecule has 29 heavy (non-hydrogen) atoms. The van der Waals surface area contributed by atoms with Crippen molar-refractivity contribution in [1.29, 1.82) is 0 Å². The normalized spacial score (nSPS) is 16.9. The molecular weight excluding hydrogens is 390 g/mol. The largest absolute Gasteiger partial charge is 0.355 e. The lowest BCUT2D eigenvalue weighted by atomic mass is 9.96. The summed E-state index contributed by atoms with van der Waals surface area (Å²) < 4.78 is 5.32. The Hall–Kier alpha value is -2.67. The average molecular weight is 414 g/mol. The van der Waals surface area contributed by atoms with E-state index in [0.29, 0.717) is 24.6 Å². The summed E-state index contributed by atoms with van der Waals surface area (Å²) in [7, 11) is 0. The molecule has 7 nitrogen and oxygen atoms in total. The summed E-state index contributed by atoms with van der Waals surface area (Å²) in [5.74, 6) is 1.47. The maximum atomic E-state index is 12.7. The predicted octanol–water partition coefficient (Wildman–Crippen LogP) is 3.46. The van der Waals surface area contributed by atoms with Crippen LogP contribution in [-0.2, 0) is 11.2 Å². The molecule has 152 valence electrons. The maximum Gasteiger partial charge on any atom is 0.263 e. The van der Waals surface area contributed by atoms with Crippen LogP contribution < -0.4 is 10.2 Å². The van der Waals surface area contributed by atoms with Crippen LogP contribution in [0.4, 0.5) is 5.82 Å². The van der Waals surface area contributed by atoms with Crippen molar-refractivity contribution in [2.24, 2.45) is 5.92 Å². The number of hydrogen-bond acceptors (Lipinski definition) is 6. The van der Waals surface area contributed by atoms with Crippen molar-refractivity contribution >= 4 is 34.4 Å². The molecule has 0 unspecified atom stereocenters. The Kier molecular flexibility index (Phi) is 5.67. The first-order valence-electron chi connectivity index (χ1n) is 9.89. The standard InChI is InChI=1S/C21H24ClN5O2/c1-13-18-19(24-14(2)25-21(18)29-26-13)27-11-3-4-16(12-27)20(28)23-10-9-15-5-7-17(22)8-6-15/h5-8,16H,3-4,9-12H2,1-2H3,(H,23,28)/t16-/m0/s1. The van der Waals surface area contributed by atoms with Crippen LogP contribution >= 0.6 is 11.6 Å². The SMILES string of the molecule is Cc1nc(N2CCC[C@H](C(=O)NCCc3ccc(Cl)cc3)C2)c2c(C)noc2n1. The Morgan fingerprint density at radius 2 is 2.07 bits per heavy atom. The summed E-state index contributed by atoms with van der Waals surface area (Å²) in [6.45, 7) is 5.82. The van der Waals surface area contributed by atoms with Gasteiger partial charge in [-0.2, -0.15) is 4.98 Å². The van der Waals surface area contributed by atoms with Crippen molar-refractivity contribution in [3.05, 3.63) is 46.4 Å². The van der Waals surface area contributed by atoms with Crippen LogP contribution in [-0.4, -0.2) is 40.7 Å². The lowest BCUT2D eigenvalue weighted by Gasteiger charge is -2.33. The van der Waals surface area contributed by atoms with Gasteiger partial charge in [-0.3, -0.25) is 4.79 Å². The fourth-order valence-electron chi connectivity index (χ4n) is 3.81. The summed E-state index contributed by atoms with van der Waals surface area (Å²) in [4.78, 5) is 23.9. The molecule has 0 radical (unpaired) electrons. The number of carbonyl (C=O) groups excluding carboxylic acids is 1. The Bertz CT molecular complexity index is 1020. The number of amides is 1. The van der Waals surface area contributed by atoms with Crippen molar-refractivity contribution < 1.29 is 9.32 Å². The smallest absolute Gasteiger partial charge is 0.263 e. The number of carbonyl (C=O) groups is 1. The maximum absolute atomic E-state index is 12.7. The van der Waals surface area contributed by atoms with E-state index >= 15 is 0 Å². The van der Waals surface area contributed by atoms with Crippen molar-refractivity contribution in [3.8, 4) is 0 Å². The van der Waals surface area contributed by atoms with Crippen LogP contribution in [0.1, 0.15) is 29.9 Å². The molecule has 1 aliphatic rings. The lowest BCUT2D eigenvalue weighted by Crippen LogP contribution is -2.44. The van der Waals surface area contributed by atoms with E-state index in [0.717, 1.165) is 53.3 Å². The minimum atomic E-state index is -0.0699. The number of aryl methyl sites for hydroxylation is 2. The molecule has 1 aromatic carbocycles. The van der Waals surface area contributed by atoms with Crippen LogP contribution in [0.3, 0.4) is 0 Å². The topological polar surface area (TPSA) is 84.2 Å². The van der Waals surface area contributed by atoms with Crippen molar-refractivity contribution in [3.63, 3.8) is 0 Å². The molecule has 0 saturated carbocycles. The Morgan fingerprint density at radius 1 is 1.28 bits per heavy atom. The molecule has 8 heteroatoms. The summed E-state index contributed by atoms with van der Waals surface area (Å²) in [6, 6.07) is 7.71. The van der Waals surface area contributed by atoms with Crippen LogP contribution in [0.2, 0.25) is 5.02 Å². The van der Waals surface area contributed by atoms with Crippen molar-refractivity contribution in [2.45, 2.75) is 33.1 Å². The van der Waals surface area contributed by atoms with Crippen molar-refractivity contribution in [2.75, 3.05) is 24.5 Å². The Balaban J connectivity index is 1.41. The lowest BCUT2D eigenvalue weighted by molar-refractivity contribution is -0.125. The molecule has 1 atom stereocenters. The van der Waals surface area contributed by atoms with Crippen molar-refractivity contribution in [1.82, 2.24) is 20.4 Å². The van der Waals surface area contributed by atoms with E-state index in [-0.39, 0.29) is 11.8 Å². The van der Waals surface area contributed by atoms with Gasteiger partial charge in [-0.05, 0) is 50.8 Å². The van der Waals surface area contributed by atoms with Gasteiger partial charge < -0.3 is 14.7 Å². The number of rotatable bonds is 5. The van der Waals surface area contributed by atoms with Gasteiger partial charge in [-0.15, -0.1) is 0 Å². The van der Waals surface area contributed by atoms with E-state index in [1.54, 1.807) is 0 Å². The number of hydrogen-bond donors (Lipinski definition) is 1. The van der Waals surface area contributed by atoms with Gasteiger partial charge in [0.25, 0.3) is 5.71 Å². The molecule has 3 heterocycles. The molecule has 1 N–H and O–H groups in total. The summed E-state index contributed by atoms with van der Waals surface area (Å²) in [5.41, 5.74) is 2.42. The number of fused-ring (bicyclic) bond motifs is 1. The minimum absolute atomic E-state index is 0.0699. The van der Waals surface area contributed by atoms with Crippen LogP contribution in [0.15, 0.2) is 28.8 Å². The number of nitrogens with one attached hydrogen (secondary N) is 1. The summed E-state index contributed by atoms with van der Waals surface area (Å²) in [5, 5.41) is 8.66. The average Bonchev–Trinajstić information content (AvgIpc) is 3.09. The quantitative estimate of drug-likeness (QED) is 0.689. The van der Waals surface area contributed by atoms with E-state index in [1.807, 2.05) is 38.1 Å². The third-order valence-electron chi connectivity index (χ3n) is 5.32. The number of aromatic nitrogens is 3. The van der Waals surface area contributed by atoms with Gasteiger partial charge in [-0.25, -0.2) is 4.98 Å². The van der Waals surface area contributed by atoms with E-state index in [4.69, 9.17) is 16.1 Å². The zero-order valence-electron chi connectivity index (χ0n) is 16.6.